The molecule has 3 N–H and O–H groups in total. The van der Waals surface area contributed by atoms with Crippen LogP contribution in [0.2, 0.25) is 0 Å². The van der Waals surface area contributed by atoms with Gasteiger partial charge in [-0.05, 0) is 72.4 Å². The molecular formula is C34H31FN6O3S. The normalized spacial score (nSPS) is 14.0. The van der Waals surface area contributed by atoms with Gasteiger partial charge in [0, 0.05) is 40.2 Å². The maximum atomic E-state index is 14.7. The van der Waals surface area contributed by atoms with E-state index in [1.54, 1.807) is 18.6 Å². The highest BCUT2D eigenvalue weighted by Crippen LogP contribution is 2.36. The second-order valence-corrected chi connectivity index (χ2v) is 14.1. The lowest BCUT2D eigenvalue weighted by atomic mass is 9.98. The number of H-pyrrole nitrogens is 2. The molecule has 2 aromatic carbocycles. The standard InChI is InChI=1S/C34H31FN6O3S/c1-45(43,44)10-9-20-11-22(13-24(35)12-20)26-7-4-8-29-27(26)15-31(39-29)33-28-16-30(37-19-32(28)40-41-33)23-14-25(18-36-17-23)38-34(42)21-5-2-3-6-21/h4,7-8,11-19,21,39H,2-3,5-6,9-10H2,1H3,(H,38,42)(H,40,41). The Hall–Kier alpha value is -4.90. The van der Waals surface area contributed by atoms with Crippen LogP contribution < -0.4 is 5.32 Å². The lowest BCUT2D eigenvalue weighted by Gasteiger charge is -2.11. The number of fused-ring (bicyclic) bond motifs is 2. The minimum absolute atomic E-state index is 0.0357. The number of aryl methyl sites for hydroxylation is 1. The summed E-state index contributed by atoms with van der Waals surface area (Å²) in [4.78, 5) is 25.1. The number of pyridine rings is 2. The molecule has 0 saturated heterocycles. The van der Waals surface area contributed by atoms with Gasteiger partial charge < -0.3 is 10.3 Å². The zero-order chi connectivity index (χ0) is 31.1. The Labute approximate surface area is 259 Å². The van der Waals surface area contributed by atoms with Gasteiger partial charge >= 0.3 is 0 Å². The molecule has 1 aliphatic carbocycles. The number of halogens is 1. The van der Waals surface area contributed by atoms with Gasteiger partial charge in [0.2, 0.25) is 5.91 Å². The maximum absolute atomic E-state index is 14.7. The molecule has 9 nitrogen and oxygen atoms in total. The third-order valence-electron chi connectivity index (χ3n) is 8.42. The highest BCUT2D eigenvalue weighted by Gasteiger charge is 2.23. The molecule has 11 heteroatoms. The number of amides is 1. The van der Waals surface area contributed by atoms with Gasteiger partial charge in [-0.1, -0.05) is 31.0 Å². The number of benzene rings is 2. The van der Waals surface area contributed by atoms with E-state index in [2.05, 4.69) is 30.5 Å². The summed E-state index contributed by atoms with van der Waals surface area (Å²) in [5.41, 5.74) is 7.28. The number of rotatable bonds is 8. The van der Waals surface area contributed by atoms with E-state index in [0.717, 1.165) is 64.3 Å². The number of aromatic amines is 2. The molecule has 45 heavy (non-hydrogen) atoms. The maximum Gasteiger partial charge on any atom is 0.227 e. The molecule has 228 valence electrons. The van der Waals surface area contributed by atoms with Crippen LogP contribution in [0.4, 0.5) is 10.1 Å². The summed E-state index contributed by atoms with van der Waals surface area (Å²) in [6, 6.07) is 16.3. The van der Waals surface area contributed by atoms with Crippen LogP contribution in [0.1, 0.15) is 31.2 Å². The summed E-state index contributed by atoms with van der Waals surface area (Å²) in [5.74, 6) is -0.379. The zero-order valence-electron chi connectivity index (χ0n) is 24.6. The number of nitrogens with one attached hydrogen (secondary N) is 3. The molecule has 0 radical (unpaired) electrons. The summed E-state index contributed by atoms with van der Waals surface area (Å²) < 4.78 is 38.1. The second-order valence-electron chi connectivity index (χ2n) is 11.8. The third kappa shape index (κ3) is 6.08. The van der Waals surface area contributed by atoms with Crippen LogP contribution in [0.25, 0.3) is 55.6 Å². The van der Waals surface area contributed by atoms with Crippen molar-refractivity contribution < 1.29 is 17.6 Å². The van der Waals surface area contributed by atoms with E-state index in [4.69, 9.17) is 0 Å². The Balaban J connectivity index is 1.22. The van der Waals surface area contributed by atoms with E-state index in [1.807, 2.05) is 42.5 Å². The first-order valence-corrected chi connectivity index (χ1v) is 17.0. The summed E-state index contributed by atoms with van der Waals surface area (Å²) in [6.45, 7) is 0. The van der Waals surface area contributed by atoms with Crippen LogP contribution in [0.5, 0.6) is 0 Å². The van der Waals surface area contributed by atoms with Crippen molar-refractivity contribution in [3.8, 4) is 33.8 Å². The van der Waals surface area contributed by atoms with Crippen LogP contribution in [0.15, 0.2) is 73.2 Å². The molecule has 1 fully saturated rings. The van der Waals surface area contributed by atoms with Crippen molar-refractivity contribution in [1.82, 2.24) is 25.1 Å². The number of anilines is 1. The Bertz CT molecular complexity index is 2180. The summed E-state index contributed by atoms with van der Waals surface area (Å²) in [7, 11) is -3.18. The fraction of sp³-hybridized carbons (Fsp3) is 0.235. The van der Waals surface area contributed by atoms with Crippen molar-refractivity contribution in [3.05, 3.63) is 84.6 Å². The fourth-order valence-corrected chi connectivity index (χ4v) is 6.76. The van der Waals surface area contributed by atoms with Crippen molar-refractivity contribution in [1.29, 1.82) is 0 Å². The Morgan fingerprint density at radius 2 is 1.82 bits per heavy atom. The molecule has 0 unspecified atom stereocenters. The largest absolute Gasteiger partial charge is 0.353 e. The number of sulfone groups is 1. The zero-order valence-corrected chi connectivity index (χ0v) is 25.4. The first kappa shape index (κ1) is 28.8. The van der Waals surface area contributed by atoms with Gasteiger partial charge in [0.25, 0.3) is 0 Å². The molecular weight excluding hydrogens is 591 g/mol. The third-order valence-corrected chi connectivity index (χ3v) is 9.37. The quantitative estimate of drug-likeness (QED) is 0.173. The first-order chi connectivity index (χ1) is 21.7. The Morgan fingerprint density at radius 3 is 2.64 bits per heavy atom. The summed E-state index contributed by atoms with van der Waals surface area (Å²) in [5, 5.41) is 12.4. The molecule has 1 amide bonds. The minimum Gasteiger partial charge on any atom is -0.353 e. The van der Waals surface area contributed by atoms with Crippen molar-refractivity contribution >= 4 is 43.2 Å². The van der Waals surface area contributed by atoms with Crippen molar-refractivity contribution in [2.24, 2.45) is 5.92 Å². The molecule has 6 aromatic rings. The van der Waals surface area contributed by atoms with Crippen LogP contribution in [0, 0.1) is 11.7 Å². The SMILES string of the molecule is CS(=O)(=O)CCc1cc(F)cc(-c2cccc3[nH]c(-c4n[nH]c5cnc(-c6cncc(NC(=O)C7CCCC7)c6)cc45)cc23)c1. The van der Waals surface area contributed by atoms with E-state index in [-0.39, 0.29) is 24.0 Å². The average molecular weight is 623 g/mol. The van der Waals surface area contributed by atoms with Crippen LogP contribution in [-0.2, 0) is 21.1 Å². The fourth-order valence-electron chi connectivity index (χ4n) is 6.15. The van der Waals surface area contributed by atoms with Crippen LogP contribution in [0.3, 0.4) is 0 Å². The predicted molar refractivity (Wildman–Crippen MR) is 174 cm³/mol. The molecule has 0 atom stereocenters. The summed E-state index contributed by atoms with van der Waals surface area (Å²) in [6.07, 6.45) is 10.5. The number of carbonyl (C=O) groups is 1. The van der Waals surface area contributed by atoms with Crippen molar-refractivity contribution in [3.63, 3.8) is 0 Å². The highest BCUT2D eigenvalue weighted by atomic mass is 32.2. The number of aromatic nitrogens is 5. The van der Waals surface area contributed by atoms with E-state index >= 15 is 0 Å². The molecule has 0 bridgehead atoms. The number of hydrogen-bond donors (Lipinski definition) is 3. The average Bonchev–Trinajstić information content (AvgIpc) is 3.79. The molecule has 4 aromatic heterocycles. The monoisotopic (exact) mass is 622 g/mol. The van der Waals surface area contributed by atoms with Gasteiger partial charge in [-0.3, -0.25) is 19.9 Å². The highest BCUT2D eigenvalue weighted by molar-refractivity contribution is 7.90. The van der Waals surface area contributed by atoms with Crippen LogP contribution in [-0.4, -0.2) is 51.5 Å². The van der Waals surface area contributed by atoms with E-state index in [0.29, 0.717) is 28.2 Å². The van der Waals surface area contributed by atoms with Gasteiger partial charge in [-0.25, -0.2) is 12.8 Å². The van der Waals surface area contributed by atoms with Gasteiger partial charge in [-0.2, -0.15) is 5.10 Å². The molecule has 7 rings (SSSR count). The van der Waals surface area contributed by atoms with Crippen LogP contribution >= 0.6 is 0 Å². The van der Waals surface area contributed by atoms with Crippen molar-refractivity contribution in [2.45, 2.75) is 32.1 Å². The molecule has 0 spiro atoms. The minimum atomic E-state index is -3.18. The number of nitrogens with zero attached hydrogens (tertiary/aromatic N) is 3. The number of hydrogen-bond acceptors (Lipinski definition) is 6. The van der Waals surface area contributed by atoms with Gasteiger partial charge in [-0.15, -0.1) is 0 Å². The van der Waals surface area contributed by atoms with E-state index in [9.17, 15) is 17.6 Å². The van der Waals surface area contributed by atoms with Crippen molar-refractivity contribution in [2.75, 3.05) is 17.3 Å². The second kappa shape index (κ2) is 11.6. The lowest BCUT2D eigenvalue weighted by molar-refractivity contribution is -0.119. The van der Waals surface area contributed by atoms with E-state index < -0.39 is 15.7 Å². The molecule has 0 aliphatic heterocycles. The molecule has 1 aliphatic rings. The van der Waals surface area contributed by atoms with Gasteiger partial charge in [0.05, 0.1) is 40.7 Å². The smallest absolute Gasteiger partial charge is 0.227 e. The van der Waals surface area contributed by atoms with E-state index in [1.165, 1.54) is 18.4 Å². The molecule has 4 heterocycles. The Morgan fingerprint density at radius 1 is 0.978 bits per heavy atom. The van der Waals surface area contributed by atoms with Gasteiger partial charge in [0.15, 0.2) is 0 Å². The van der Waals surface area contributed by atoms with Gasteiger partial charge in [0.1, 0.15) is 21.3 Å². The number of carbonyl (C=O) groups excluding carboxylic acids is 1. The predicted octanol–water partition coefficient (Wildman–Crippen LogP) is 6.69. The Kier molecular flexibility index (Phi) is 7.40. The lowest BCUT2D eigenvalue weighted by Crippen LogP contribution is -2.20. The molecule has 1 saturated carbocycles. The summed E-state index contributed by atoms with van der Waals surface area (Å²) >= 11 is 0. The topological polar surface area (TPSA) is 133 Å². The first-order valence-electron chi connectivity index (χ1n) is 14.9.